The van der Waals surface area contributed by atoms with Crippen molar-refractivity contribution in [2.45, 2.75) is 6.54 Å². The molecule has 1 rings (SSSR count). The molecule has 0 fully saturated rings. The average Bonchev–Trinajstić information content (AvgIpc) is 2.05. The summed E-state index contributed by atoms with van der Waals surface area (Å²) in [7, 11) is 0. The molecule has 0 aliphatic heterocycles. The fraction of sp³-hybridized carbons (Fsp3) is 0.111. The van der Waals surface area contributed by atoms with Gasteiger partial charge in [0.2, 0.25) is 6.54 Å². The number of halogens is 1. The summed E-state index contributed by atoms with van der Waals surface area (Å²) < 4.78 is 1.64. The maximum Gasteiger partial charge on any atom is 0.341 e. The first kappa shape index (κ1) is 11.7. The highest BCUT2D eigenvalue weighted by Crippen LogP contribution is 1.92. The van der Waals surface area contributed by atoms with Crippen LogP contribution >= 0.6 is 0 Å². The number of nitrogens with zero attached hydrogens (tertiary/aromatic N) is 1. The van der Waals surface area contributed by atoms with E-state index in [4.69, 9.17) is 11.5 Å². The van der Waals surface area contributed by atoms with Crippen LogP contribution in [0.3, 0.4) is 0 Å². The van der Waals surface area contributed by atoms with Crippen molar-refractivity contribution >= 4 is 5.97 Å². The Kier molecular flexibility index (Phi) is 4.78. The minimum atomic E-state index is -0.943. The van der Waals surface area contributed by atoms with Gasteiger partial charge in [-0.15, -0.1) is 6.42 Å². The van der Waals surface area contributed by atoms with Crippen LogP contribution in [-0.2, 0) is 6.54 Å². The van der Waals surface area contributed by atoms with Gasteiger partial charge in [0, 0.05) is 6.07 Å². The molecule has 0 amide bonds. The molecule has 0 spiro atoms. The van der Waals surface area contributed by atoms with E-state index in [-0.39, 0.29) is 22.5 Å². The molecule has 1 heterocycles. The van der Waals surface area contributed by atoms with E-state index in [2.05, 4.69) is 5.92 Å². The highest BCUT2D eigenvalue weighted by atomic mass is 79.9. The monoisotopic (exact) mass is 241 g/mol. The van der Waals surface area contributed by atoms with Gasteiger partial charge < -0.3 is 22.1 Å². The summed E-state index contributed by atoms with van der Waals surface area (Å²) in [5.74, 6) is 1.48. The van der Waals surface area contributed by atoms with Crippen molar-refractivity contribution in [1.29, 1.82) is 0 Å². The van der Waals surface area contributed by atoms with Gasteiger partial charge in [-0.05, 0) is 12.0 Å². The van der Waals surface area contributed by atoms with Crippen molar-refractivity contribution in [2.75, 3.05) is 0 Å². The second-order valence-electron chi connectivity index (χ2n) is 2.27. The maximum absolute atomic E-state index is 10.5. The van der Waals surface area contributed by atoms with Gasteiger partial charge in [-0.2, -0.15) is 4.57 Å². The van der Waals surface area contributed by atoms with E-state index in [9.17, 15) is 4.79 Å². The normalized spacial score (nSPS) is 8.23. The Labute approximate surface area is 86.8 Å². The van der Waals surface area contributed by atoms with Crippen LogP contribution in [-0.4, -0.2) is 11.1 Å². The molecule has 13 heavy (non-hydrogen) atoms. The topological polar surface area (TPSA) is 41.2 Å². The van der Waals surface area contributed by atoms with Crippen molar-refractivity contribution in [3.8, 4) is 12.3 Å². The van der Waals surface area contributed by atoms with Crippen LogP contribution < -0.4 is 21.5 Å². The Morgan fingerprint density at radius 2 is 2.38 bits per heavy atom. The van der Waals surface area contributed by atoms with Crippen LogP contribution in [0, 0.1) is 12.3 Å². The number of aromatic nitrogens is 1. The van der Waals surface area contributed by atoms with Crippen molar-refractivity contribution in [1.82, 2.24) is 0 Å². The van der Waals surface area contributed by atoms with Crippen molar-refractivity contribution in [3.63, 3.8) is 0 Å². The third kappa shape index (κ3) is 3.26. The SMILES string of the molecule is C#CC[n+]1cccc(C(=O)O)c1.[Br-]. The third-order valence-corrected chi connectivity index (χ3v) is 1.38. The van der Waals surface area contributed by atoms with Gasteiger partial charge in [0.05, 0.1) is 0 Å². The summed E-state index contributed by atoms with van der Waals surface area (Å²) >= 11 is 0. The quantitative estimate of drug-likeness (QED) is 0.453. The first-order valence-electron chi connectivity index (χ1n) is 3.40. The average molecular weight is 242 g/mol. The molecule has 0 radical (unpaired) electrons. The number of terminal acetylenes is 1. The molecule has 4 heteroatoms. The molecule has 1 aromatic rings. The number of aromatic carboxylic acids is 1. The summed E-state index contributed by atoms with van der Waals surface area (Å²) in [6, 6.07) is 3.18. The number of carboxylic acid groups (broad SMARTS) is 1. The highest BCUT2D eigenvalue weighted by molar-refractivity contribution is 5.86. The minimum Gasteiger partial charge on any atom is -1.00 e. The summed E-state index contributed by atoms with van der Waals surface area (Å²) in [4.78, 5) is 10.5. The zero-order valence-corrected chi connectivity index (χ0v) is 8.36. The molecule has 3 nitrogen and oxygen atoms in total. The fourth-order valence-electron chi connectivity index (χ4n) is 0.852. The van der Waals surface area contributed by atoms with Crippen LogP contribution in [0.2, 0.25) is 0 Å². The number of rotatable bonds is 2. The maximum atomic E-state index is 10.5. The van der Waals surface area contributed by atoms with Crippen molar-refractivity contribution < 1.29 is 31.4 Å². The lowest BCUT2D eigenvalue weighted by molar-refractivity contribution is -0.684. The Morgan fingerprint density at radius 1 is 1.69 bits per heavy atom. The van der Waals surface area contributed by atoms with E-state index in [1.54, 1.807) is 16.8 Å². The Hall–Kier alpha value is -1.34. The van der Waals surface area contributed by atoms with Gasteiger partial charge in [-0.3, -0.25) is 0 Å². The molecule has 0 aliphatic carbocycles. The lowest BCUT2D eigenvalue weighted by atomic mass is 10.3. The van der Waals surface area contributed by atoms with Crippen molar-refractivity contribution in [2.24, 2.45) is 0 Å². The lowest BCUT2D eigenvalue weighted by Crippen LogP contribution is -3.00. The van der Waals surface area contributed by atoms with Crippen LogP contribution in [0.15, 0.2) is 24.5 Å². The molecule has 0 aromatic carbocycles. The Balaban J connectivity index is 0.00000144. The van der Waals surface area contributed by atoms with Gasteiger partial charge in [0.15, 0.2) is 12.4 Å². The number of hydrogen-bond donors (Lipinski definition) is 1. The van der Waals surface area contributed by atoms with Crippen molar-refractivity contribution in [3.05, 3.63) is 30.1 Å². The van der Waals surface area contributed by atoms with E-state index in [1.165, 1.54) is 12.3 Å². The number of pyridine rings is 1. The zero-order chi connectivity index (χ0) is 8.97. The van der Waals surface area contributed by atoms with E-state index in [0.717, 1.165) is 0 Å². The predicted molar refractivity (Wildman–Crippen MR) is 42.4 cm³/mol. The standard InChI is InChI=1S/C9H7NO2.BrH/c1-2-5-10-6-3-4-8(7-10)9(11)12;/h1,3-4,6-7H,5H2;1H. The second-order valence-corrected chi connectivity index (χ2v) is 2.27. The van der Waals surface area contributed by atoms with E-state index >= 15 is 0 Å². The van der Waals surface area contributed by atoms with E-state index in [0.29, 0.717) is 6.54 Å². The Morgan fingerprint density at radius 3 is 2.92 bits per heavy atom. The van der Waals surface area contributed by atoms with Crippen LogP contribution in [0.5, 0.6) is 0 Å². The fourth-order valence-corrected chi connectivity index (χ4v) is 0.852. The van der Waals surface area contributed by atoms with Crippen LogP contribution in [0.25, 0.3) is 0 Å². The molecule has 1 N–H and O–H groups in total. The smallest absolute Gasteiger partial charge is 0.341 e. The lowest BCUT2D eigenvalue weighted by Gasteiger charge is -1.91. The van der Waals surface area contributed by atoms with Crippen LogP contribution in [0.4, 0.5) is 0 Å². The molecule has 0 saturated heterocycles. The third-order valence-electron chi connectivity index (χ3n) is 1.38. The van der Waals surface area contributed by atoms with Gasteiger partial charge in [-0.1, -0.05) is 0 Å². The van der Waals surface area contributed by atoms with Gasteiger partial charge in [0.1, 0.15) is 5.56 Å². The first-order valence-corrected chi connectivity index (χ1v) is 3.40. The molecule has 0 unspecified atom stereocenters. The molecule has 0 aliphatic rings. The largest absolute Gasteiger partial charge is 1.00 e. The number of hydrogen-bond acceptors (Lipinski definition) is 1. The van der Waals surface area contributed by atoms with Crippen LogP contribution in [0.1, 0.15) is 10.4 Å². The van der Waals surface area contributed by atoms with E-state index < -0.39 is 5.97 Å². The number of carboxylic acids is 1. The molecule has 0 saturated carbocycles. The predicted octanol–water partition coefficient (Wildman–Crippen LogP) is -2.69. The Bertz CT molecular complexity index is 344. The molecule has 0 atom stereocenters. The van der Waals surface area contributed by atoms with E-state index in [1.807, 2.05) is 0 Å². The summed E-state index contributed by atoms with van der Waals surface area (Å²) in [6.07, 6.45) is 8.30. The highest BCUT2D eigenvalue weighted by Gasteiger charge is 2.06. The zero-order valence-electron chi connectivity index (χ0n) is 6.77. The molecular weight excluding hydrogens is 234 g/mol. The minimum absolute atomic E-state index is 0. The van der Waals surface area contributed by atoms with Gasteiger partial charge >= 0.3 is 5.97 Å². The number of carbonyl (C=O) groups is 1. The molecule has 0 bridgehead atoms. The summed E-state index contributed by atoms with van der Waals surface area (Å²) in [5, 5.41) is 8.61. The first-order chi connectivity index (χ1) is 5.74. The summed E-state index contributed by atoms with van der Waals surface area (Å²) in [6.45, 7) is 0.390. The van der Waals surface area contributed by atoms with Gasteiger partial charge in [-0.25, -0.2) is 4.79 Å². The summed E-state index contributed by atoms with van der Waals surface area (Å²) in [5.41, 5.74) is 0.243. The second kappa shape index (κ2) is 5.33. The van der Waals surface area contributed by atoms with Gasteiger partial charge in [0.25, 0.3) is 0 Å². The molecule has 1 aromatic heterocycles. The molecule has 68 valence electrons. The molecular formula is C9H8BrNO2.